The van der Waals surface area contributed by atoms with Gasteiger partial charge in [-0.1, -0.05) is 48.5 Å². The van der Waals surface area contributed by atoms with E-state index in [1.807, 2.05) is 36.4 Å². The van der Waals surface area contributed by atoms with Crippen molar-refractivity contribution in [3.05, 3.63) is 65.7 Å². The number of hydrogen-bond donors (Lipinski definition) is 1. The number of nitrogens with one attached hydrogen (secondary N) is 1. The molecule has 3 nitrogen and oxygen atoms in total. The Kier molecular flexibility index (Phi) is 5.63. The van der Waals surface area contributed by atoms with Crippen LogP contribution in [0.15, 0.2) is 54.6 Å². The molecule has 0 fully saturated rings. The predicted octanol–water partition coefficient (Wildman–Crippen LogP) is 2.92. The summed E-state index contributed by atoms with van der Waals surface area (Å²) in [6.45, 7) is 1.73. The summed E-state index contributed by atoms with van der Waals surface area (Å²) in [5.74, 6) is 0.912. The van der Waals surface area contributed by atoms with Gasteiger partial charge in [-0.15, -0.1) is 0 Å². The maximum atomic E-state index is 8.49. The molecule has 0 aliphatic rings. The van der Waals surface area contributed by atoms with Gasteiger partial charge in [0.2, 0.25) is 0 Å². The normalized spacial score (nSPS) is 9.95. The van der Waals surface area contributed by atoms with Crippen LogP contribution in [-0.2, 0) is 13.0 Å². The molecule has 0 spiro atoms. The van der Waals surface area contributed by atoms with Gasteiger partial charge in [0.25, 0.3) is 0 Å². The monoisotopic (exact) mass is 266 g/mol. The molecule has 0 atom stereocenters. The molecule has 0 unspecified atom stereocenters. The van der Waals surface area contributed by atoms with Gasteiger partial charge in [-0.3, -0.25) is 0 Å². The Bertz CT molecular complexity index is 561. The maximum absolute atomic E-state index is 8.49. The van der Waals surface area contributed by atoms with Crippen LogP contribution >= 0.6 is 0 Å². The minimum Gasteiger partial charge on any atom is -0.489 e. The second-order valence-electron chi connectivity index (χ2n) is 4.47. The summed E-state index contributed by atoms with van der Waals surface area (Å²) < 4.78 is 5.89. The van der Waals surface area contributed by atoms with E-state index in [0.29, 0.717) is 13.2 Å². The molecule has 0 radical (unpaired) electrons. The van der Waals surface area contributed by atoms with Crippen molar-refractivity contribution in [3.8, 4) is 11.8 Å². The Labute approximate surface area is 119 Å². The molecule has 0 heterocycles. The molecule has 0 amide bonds. The first-order valence-corrected chi connectivity index (χ1v) is 6.72. The molecule has 3 heteroatoms. The van der Waals surface area contributed by atoms with E-state index in [1.54, 1.807) is 0 Å². The van der Waals surface area contributed by atoms with Gasteiger partial charge in [0, 0.05) is 6.54 Å². The lowest BCUT2D eigenvalue weighted by molar-refractivity contribution is 0.303. The van der Waals surface area contributed by atoms with Crippen LogP contribution in [-0.4, -0.2) is 13.1 Å². The van der Waals surface area contributed by atoms with E-state index in [1.165, 1.54) is 0 Å². The molecular weight excluding hydrogens is 248 g/mol. The van der Waals surface area contributed by atoms with E-state index in [2.05, 4.69) is 29.6 Å². The van der Waals surface area contributed by atoms with Crippen molar-refractivity contribution in [1.82, 2.24) is 5.32 Å². The van der Waals surface area contributed by atoms with Crippen molar-refractivity contribution >= 4 is 0 Å². The first kappa shape index (κ1) is 14.1. The Morgan fingerprint density at radius 2 is 1.75 bits per heavy atom. The lowest BCUT2D eigenvalue weighted by atomic mass is 10.1. The standard InChI is InChI=1S/C17H18N2O/c18-11-13-19-12-10-16-8-4-5-9-17(16)20-14-15-6-2-1-3-7-15/h1-9,19H,10,12-14H2. The van der Waals surface area contributed by atoms with Crippen LogP contribution in [0, 0.1) is 11.3 Å². The highest BCUT2D eigenvalue weighted by atomic mass is 16.5. The molecule has 1 N–H and O–H groups in total. The van der Waals surface area contributed by atoms with E-state index in [-0.39, 0.29) is 0 Å². The summed E-state index contributed by atoms with van der Waals surface area (Å²) in [6, 6.07) is 20.2. The van der Waals surface area contributed by atoms with Crippen LogP contribution in [0.25, 0.3) is 0 Å². The zero-order chi connectivity index (χ0) is 14.0. The quantitative estimate of drug-likeness (QED) is 0.619. The van der Waals surface area contributed by atoms with Crippen LogP contribution in [0.1, 0.15) is 11.1 Å². The molecule has 2 rings (SSSR count). The molecule has 0 aliphatic heterocycles. The third-order valence-electron chi connectivity index (χ3n) is 2.98. The van der Waals surface area contributed by atoms with Gasteiger partial charge in [0.1, 0.15) is 12.4 Å². The zero-order valence-electron chi connectivity index (χ0n) is 11.4. The number of hydrogen-bond acceptors (Lipinski definition) is 3. The maximum Gasteiger partial charge on any atom is 0.123 e. The number of nitrogens with zero attached hydrogens (tertiary/aromatic N) is 1. The van der Waals surface area contributed by atoms with Crippen LogP contribution in [0.5, 0.6) is 5.75 Å². The van der Waals surface area contributed by atoms with E-state index in [0.717, 1.165) is 29.8 Å². The molecule has 0 aliphatic carbocycles. The van der Waals surface area contributed by atoms with Crippen molar-refractivity contribution in [1.29, 1.82) is 5.26 Å². The van der Waals surface area contributed by atoms with Gasteiger partial charge in [-0.05, 0) is 23.6 Å². The minimum absolute atomic E-state index is 0.382. The van der Waals surface area contributed by atoms with E-state index in [4.69, 9.17) is 10.00 Å². The Balaban J connectivity index is 1.92. The number of nitriles is 1. The van der Waals surface area contributed by atoms with Crippen LogP contribution < -0.4 is 10.1 Å². The van der Waals surface area contributed by atoms with Gasteiger partial charge in [-0.25, -0.2) is 0 Å². The summed E-state index contributed by atoms with van der Waals surface area (Å²) in [4.78, 5) is 0. The molecule has 0 aromatic heterocycles. The summed E-state index contributed by atoms with van der Waals surface area (Å²) in [6.07, 6.45) is 0.854. The lowest BCUT2D eigenvalue weighted by Gasteiger charge is -2.11. The second kappa shape index (κ2) is 7.98. The summed E-state index contributed by atoms with van der Waals surface area (Å²) in [5, 5.41) is 11.6. The van der Waals surface area contributed by atoms with Crippen molar-refractivity contribution in [2.45, 2.75) is 13.0 Å². The van der Waals surface area contributed by atoms with Crippen LogP contribution in [0.2, 0.25) is 0 Å². The molecule has 2 aromatic rings. The van der Waals surface area contributed by atoms with Crippen LogP contribution in [0.4, 0.5) is 0 Å². The summed E-state index contributed by atoms with van der Waals surface area (Å²) in [5.41, 5.74) is 2.32. The Hall–Kier alpha value is -2.31. The molecule has 0 bridgehead atoms. The van der Waals surface area contributed by atoms with Gasteiger partial charge < -0.3 is 10.1 Å². The van der Waals surface area contributed by atoms with E-state index >= 15 is 0 Å². The highest BCUT2D eigenvalue weighted by molar-refractivity contribution is 5.33. The SMILES string of the molecule is N#CCNCCc1ccccc1OCc1ccccc1. The highest BCUT2D eigenvalue weighted by Crippen LogP contribution is 2.19. The van der Waals surface area contributed by atoms with Crippen molar-refractivity contribution < 1.29 is 4.74 Å². The zero-order valence-corrected chi connectivity index (χ0v) is 11.4. The Morgan fingerprint density at radius 3 is 2.55 bits per heavy atom. The lowest BCUT2D eigenvalue weighted by Crippen LogP contribution is -2.17. The Morgan fingerprint density at radius 1 is 1.00 bits per heavy atom. The average Bonchev–Trinajstić information content (AvgIpc) is 2.51. The third kappa shape index (κ3) is 4.42. The molecule has 2 aromatic carbocycles. The number of rotatable bonds is 7. The predicted molar refractivity (Wildman–Crippen MR) is 79.4 cm³/mol. The molecule has 20 heavy (non-hydrogen) atoms. The van der Waals surface area contributed by atoms with Crippen molar-refractivity contribution in [2.24, 2.45) is 0 Å². The third-order valence-corrected chi connectivity index (χ3v) is 2.98. The second-order valence-corrected chi connectivity index (χ2v) is 4.47. The molecule has 102 valence electrons. The molecular formula is C17H18N2O. The highest BCUT2D eigenvalue weighted by Gasteiger charge is 2.03. The molecule has 0 saturated heterocycles. The number of para-hydroxylation sites is 1. The minimum atomic E-state index is 0.382. The summed E-state index contributed by atoms with van der Waals surface area (Å²) >= 11 is 0. The topological polar surface area (TPSA) is 45.0 Å². The largest absolute Gasteiger partial charge is 0.489 e. The first-order valence-electron chi connectivity index (χ1n) is 6.72. The fourth-order valence-electron chi connectivity index (χ4n) is 1.95. The van der Waals surface area contributed by atoms with Crippen molar-refractivity contribution in [2.75, 3.05) is 13.1 Å². The van der Waals surface area contributed by atoms with Gasteiger partial charge in [0.05, 0.1) is 12.6 Å². The number of benzene rings is 2. The fourth-order valence-corrected chi connectivity index (χ4v) is 1.95. The van der Waals surface area contributed by atoms with Crippen LogP contribution in [0.3, 0.4) is 0 Å². The number of ether oxygens (including phenoxy) is 1. The smallest absolute Gasteiger partial charge is 0.123 e. The summed E-state index contributed by atoms with van der Waals surface area (Å²) in [7, 11) is 0. The fraction of sp³-hybridized carbons (Fsp3) is 0.235. The van der Waals surface area contributed by atoms with Gasteiger partial charge in [-0.2, -0.15) is 5.26 Å². The van der Waals surface area contributed by atoms with E-state index < -0.39 is 0 Å². The van der Waals surface area contributed by atoms with Gasteiger partial charge in [0.15, 0.2) is 0 Å². The molecule has 0 saturated carbocycles. The average molecular weight is 266 g/mol. The van der Waals surface area contributed by atoms with E-state index in [9.17, 15) is 0 Å². The van der Waals surface area contributed by atoms with Crippen molar-refractivity contribution in [3.63, 3.8) is 0 Å². The van der Waals surface area contributed by atoms with Gasteiger partial charge >= 0.3 is 0 Å². The first-order chi connectivity index (χ1) is 9.90.